The second-order valence-electron chi connectivity index (χ2n) is 5.19. The molecule has 0 amide bonds. The van der Waals surface area contributed by atoms with Crippen LogP contribution < -0.4 is 14.8 Å². The van der Waals surface area contributed by atoms with E-state index in [9.17, 15) is 4.79 Å². The summed E-state index contributed by atoms with van der Waals surface area (Å²) in [7, 11) is 3.24. The van der Waals surface area contributed by atoms with Crippen molar-refractivity contribution in [3.8, 4) is 11.5 Å². The van der Waals surface area contributed by atoms with Gasteiger partial charge in [0.25, 0.3) is 0 Å². The molecule has 5 nitrogen and oxygen atoms in total. The van der Waals surface area contributed by atoms with Gasteiger partial charge < -0.3 is 19.5 Å². The first-order valence-electron chi connectivity index (χ1n) is 7.86. The van der Waals surface area contributed by atoms with E-state index in [1.807, 2.05) is 48.5 Å². The van der Waals surface area contributed by atoms with Crippen molar-refractivity contribution in [1.29, 1.82) is 0 Å². The van der Waals surface area contributed by atoms with Gasteiger partial charge in [-0.1, -0.05) is 12.1 Å². The quantitative estimate of drug-likeness (QED) is 0.752. The third kappa shape index (κ3) is 4.65. The second-order valence-corrected chi connectivity index (χ2v) is 5.19. The fourth-order valence-electron chi connectivity index (χ4n) is 2.35. The summed E-state index contributed by atoms with van der Waals surface area (Å²) in [5.74, 6) is 0.906. The van der Waals surface area contributed by atoms with Crippen LogP contribution in [0.2, 0.25) is 0 Å². The highest BCUT2D eigenvalue weighted by Gasteiger charge is 2.22. The number of rotatable bonds is 8. The molecule has 1 unspecified atom stereocenters. The highest BCUT2D eigenvalue weighted by Crippen LogP contribution is 2.22. The minimum Gasteiger partial charge on any atom is -0.497 e. The molecule has 0 bridgehead atoms. The predicted octanol–water partition coefficient (Wildman–Crippen LogP) is 3.46. The Labute approximate surface area is 142 Å². The van der Waals surface area contributed by atoms with Crippen LogP contribution in [-0.2, 0) is 9.53 Å². The van der Waals surface area contributed by atoms with Crippen molar-refractivity contribution in [3.63, 3.8) is 0 Å². The van der Waals surface area contributed by atoms with E-state index in [1.165, 1.54) is 0 Å². The number of carbonyl (C=O) groups is 1. The van der Waals surface area contributed by atoms with Crippen LogP contribution in [-0.4, -0.2) is 33.3 Å². The number of hydrogen-bond donors (Lipinski definition) is 1. The van der Waals surface area contributed by atoms with Crippen LogP contribution in [0.5, 0.6) is 11.5 Å². The van der Waals surface area contributed by atoms with Crippen LogP contribution in [0.1, 0.15) is 18.4 Å². The number of hydrogen-bond acceptors (Lipinski definition) is 5. The van der Waals surface area contributed by atoms with Crippen LogP contribution in [0.25, 0.3) is 0 Å². The third-order valence-electron chi connectivity index (χ3n) is 3.69. The summed E-state index contributed by atoms with van der Waals surface area (Å²) in [6.45, 7) is 2.60. The Bertz CT molecular complexity index is 637. The van der Waals surface area contributed by atoms with Crippen molar-refractivity contribution in [1.82, 2.24) is 0 Å². The molecule has 1 N–H and O–H groups in total. The number of methoxy groups -OCH3 is 2. The van der Waals surface area contributed by atoms with Gasteiger partial charge in [0.05, 0.1) is 26.7 Å². The van der Waals surface area contributed by atoms with Gasteiger partial charge in [0, 0.05) is 12.2 Å². The summed E-state index contributed by atoms with van der Waals surface area (Å²) in [5, 5.41) is 3.27. The molecule has 0 saturated heterocycles. The largest absolute Gasteiger partial charge is 0.497 e. The smallest absolute Gasteiger partial charge is 0.315 e. The van der Waals surface area contributed by atoms with Crippen molar-refractivity contribution >= 4 is 11.7 Å². The Balaban J connectivity index is 2.11. The van der Waals surface area contributed by atoms with Crippen molar-refractivity contribution < 1.29 is 19.0 Å². The normalized spacial score (nSPS) is 11.5. The maximum Gasteiger partial charge on any atom is 0.315 e. The van der Waals surface area contributed by atoms with Crippen molar-refractivity contribution in [2.45, 2.75) is 12.8 Å². The lowest BCUT2D eigenvalue weighted by Crippen LogP contribution is -2.23. The number of esters is 1. The van der Waals surface area contributed by atoms with Crippen LogP contribution in [0, 0.1) is 0 Å². The number of nitrogens with one attached hydrogen (secondary N) is 1. The molecule has 2 aromatic carbocycles. The molecule has 5 heteroatoms. The number of anilines is 1. The minimum absolute atomic E-state index is 0.247. The standard InChI is InChI=1S/C19H23NO4/c1-4-24-19(21)18(14-5-9-16(22-2)10-6-14)13-20-15-7-11-17(23-3)12-8-15/h5-12,18,20H,4,13H2,1-3H3. The van der Waals surface area contributed by atoms with E-state index < -0.39 is 5.92 Å². The average molecular weight is 329 g/mol. The summed E-state index contributed by atoms with van der Waals surface area (Å²) >= 11 is 0. The summed E-state index contributed by atoms with van der Waals surface area (Å²) in [5.41, 5.74) is 1.80. The molecule has 1 atom stereocenters. The average Bonchev–Trinajstić information content (AvgIpc) is 2.63. The van der Waals surface area contributed by atoms with Crippen LogP contribution in [0.15, 0.2) is 48.5 Å². The summed E-state index contributed by atoms with van der Waals surface area (Å²) in [6.07, 6.45) is 0. The lowest BCUT2D eigenvalue weighted by molar-refractivity contribution is -0.144. The van der Waals surface area contributed by atoms with E-state index in [1.54, 1.807) is 21.1 Å². The van der Waals surface area contributed by atoms with E-state index in [2.05, 4.69) is 5.32 Å². The van der Waals surface area contributed by atoms with Gasteiger partial charge in [-0.25, -0.2) is 0 Å². The van der Waals surface area contributed by atoms with E-state index in [4.69, 9.17) is 14.2 Å². The highest BCUT2D eigenvalue weighted by atomic mass is 16.5. The first-order chi connectivity index (χ1) is 11.7. The second kappa shape index (κ2) is 8.82. The third-order valence-corrected chi connectivity index (χ3v) is 3.69. The van der Waals surface area contributed by atoms with E-state index in [-0.39, 0.29) is 5.97 Å². The van der Waals surface area contributed by atoms with Gasteiger partial charge in [0.2, 0.25) is 0 Å². The molecule has 0 aromatic heterocycles. The Morgan fingerprint density at radius 1 is 0.958 bits per heavy atom. The molecule has 0 aliphatic rings. The molecule has 0 saturated carbocycles. The topological polar surface area (TPSA) is 56.8 Å². The molecule has 0 fully saturated rings. The zero-order chi connectivity index (χ0) is 17.4. The van der Waals surface area contributed by atoms with Crippen LogP contribution in [0.4, 0.5) is 5.69 Å². The van der Waals surface area contributed by atoms with Gasteiger partial charge in [-0.3, -0.25) is 4.79 Å². The molecule has 2 rings (SSSR count). The van der Waals surface area contributed by atoms with Gasteiger partial charge in [-0.05, 0) is 48.9 Å². The number of ether oxygens (including phenoxy) is 3. The molecular weight excluding hydrogens is 306 g/mol. The molecule has 128 valence electrons. The molecular formula is C19H23NO4. The lowest BCUT2D eigenvalue weighted by Gasteiger charge is -2.18. The minimum atomic E-state index is -0.391. The molecule has 0 spiro atoms. The maximum absolute atomic E-state index is 12.3. The van der Waals surface area contributed by atoms with E-state index in [0.29, 0.717) is 13.2 Å². The summed E-state index contributed by atoms with van der Waals surface area (Å²) in [6, 6.07) is 15.0. The Hall–Kier alpha value is -2.69. The van der Waals surface area contributed by atoms with E-state index in [0.717, 1.165) is 22.7 Å². The van der Waals surface area contributed by atoms with Gasteiger partial charge in [0.1, 0.15) is 11.5 Å². The first kappa shape index (κ1) is 17.7. The Morgan fingerprint density at radius 2 is 1.50 bits per heavy atom. The highest BCUT2D eigenvalue weighted by molar-refractivity contribution is 5.79. The molecule has 24 heavy (non-hydrogen) atoms. The fourth-order valence-corrected chi connectivity index (χ4v) is 2.35. The molecule has 0 heterocycles. The molecule has 2 aromatic rings. The van der Waals surface area contributed by atoms with Crippen molar-refractivity contribution in [2.75, 3.05) is 32.7 Å². The Morgan fingerprint density at radius 3 is 2.00 bits per heavy atom. The van der Waals surface area contributed by atoms with Gasteiger partial charge >= 0.3 is 5.97 Å². The predicted molar refractivity (Wildman–Crippen MR) is 93.9 cm³/mol. The van der Waals surface area contributed by atoms with E-state index >= 15 is 0 Å². The lowest BCUT2D eigenvalue weighted by atomic mass is 9.99. The Kier molecular flexibility index (Phi) is 6.49. The fraction of sp³-hybridized carbons (Fsp3) is 0.316. The summed E-state index contributed by atoms with van der Waals surface area (Å²) < 4.78 is 15.5. The number of benzene rings is 2. The zero-order valence-electron chi connectivity index (χ0n) is 14.2. The maximum atomic E-state index is 12.3. The zero-order valence-corrected chi connectivity index (χ0v) is 14.2. The SMILES string of the molecule is CCOC(=O)C(CNc1ccc(OC)cc1)c1ccc(OC)cc1. The van der Waals surface area contributed by atoms with Gasteiger partial charge in [-0.2, -0.15) is 0 Å². The molecule has 0 aliphatic heterocycles. The molecule has 0 aliphatic carbocycles. The molecule has 0 radical (unpaired) electrons. The monoisotopic (exact) mass is 329 g/mol. The van der Waals surface area contributed by atoms with Crippen molar-refractivity contribution in [3.05, 3.63) is 54.1 Å². The number of carbonyl (C=O) groups excluding carboxylic acids is 1. The van der Waals surface area contributed by atoms with Gasteiger partial charge in [0.15, 0.2) is 0 Å². The first-order valence-corrected chi connectivity index (χ1v) is 7.86. The van der Waals surface area contributed by atoms with Gasteiger partial charge in [-0.15, -0.1) is 0 Å². The van der Waals surface area contributed by atoms with Crippen LogP contribution in [0.3, 0.4) is 0 Å². The van der Waals surface area contributed by atoms with Crippen molar-refractivity contribution in [2.24, 2.45) is 0 Å². The van der Waals surface area contributed by atoms with Crippen LogP contribution >= 0.6 is 0 Å². The summed E-state index contributed by atoms with van der Waals surface area (Å²) in [4.78, 5) is 12.3.